The van der Waals surface area contributed by atoms with Crippen LogP contribution in [0, 0.1) is 17.8 Å². The van der Waals surface area contributed by atoms with E-state index in [1.165, 1.54) is 0 Å². The van der Waals surface area contributed by atoms with Gasteiger partial charge >= 0.3 is 0 Å². The van der Waals surface area contributed by atoms with Gasteiger partial charge in [-0.1, -0.05) is 12.1 Å². The largest absolute Gasteiger partial charge is 0.368 e. The van der Waals surface area contributed by atoms with E-state index in [1.54, 1.807) is 23.1 Å². The maximum atomic E-state index is 12.9. The lowest BCUT2D eigenvalue weighted by Gasteiger charge is -2.20. The number of pyridine rings is 1. The number of hydrogen-bond donors (Lipinski definition) is 2. The van der Waals surface area contributed by atoms with E-state index in [2.05, 4.69) is 35.3 Å². The molecule has 3 atom stereocenters. The van der Waals surface area contributed by atoms with E-state index < -0.39 is 12.3 Å². The second kappa shape index (κ2) is 8.26. The highest BCUT2D eigenvalue weighted by atomic mass is 19.3. The molecular formula is C24H23F2N9. The normalized spacial score (nSPS) is 20.8. The maximum absolute atomic E-state index is 12.9. The molecule has 1 aromatic carbocycles. The molecule has 0 radical (unpaired) electrons. The van der Waals surface area contributed by atoms with Gasteiger partial charge in [0.25, 0.3) is 0 Å². The highest BCUT2D eigenvalue weighted by Gasteiger charge is 2.60. The predicted molar refractivity (Wildman–Crippen MR) is 128 cm³/mol. The number of rotatable bonds is 6. The lowest BCUT2D eigenvalue weighted by atomic mass is 10.1. The van der Waals surface area contributed by atoms with Gasteiger partial charge in [0.1, 0.15) is 5.82 Å². The molecule has 0 spiro atoms. The third-order valence-electron chi connectivity index (χ3n) is 6.76. The molecule has 3 aromatic heterocycles. The van der Waals surface area contributed by atoms with Crippen LogP contribution in [0.15, 0.2) is 54.9 Å². The number of nitrogens with zero attached hydrogens (tertiary/aromatic N) is 7. The van der Waals surface area contributed by atoms with Gasteiger partial charge in [0.15, 0.2) is 5.82 Å². The number of aryl methyl sites for hydroxylation is 1. The van der Waals surface area contributed by atoms with Gasteiger partial charge in [0.2, 0.25) is 18.3 Å². The van der Waals surface area contributed by atoms with Crippen molar-refractivity contribution in [2.24, 2.45) is 24.8 Å². The van der Waals surface area contributed by atoms with E-state index in [1.807, 2.05) is 43.4 Å². The summed E-state index contributed by atoms with van der Waals surface area (Å²) in [6.07, 6.45) is 1.14. The lowest BCUT2D eigenvalue weighted by molar-refractivity contribution is 0.109. The van der Waals surface area contributed by atoms with Crippen LogP contribution in [-0.4, -0.2) is 49.2 Å². The van der Waals surface area contributed by atoms with Crippen molar-refractivity contribution in [2.45, 2.75) is 6.43 Å². The van der Waals surface area contributed by atoms with Gasteiger partial charge in [0.05, 0.1) is 5.69 Å². The quantitative estimate of drug-likeness (QED) is 0.435. The monoisotopic (exact) mass is 475 g/mol. The van der Waals surface area contributed by atoms with Crippen molar-refractivity contribution in [2.75, 3.05) is 29.0 Å². The summed E-state index contributed by atoms with van der Waals surface area (Å²) in [5, 5.41) is 7.78. The van der Waals surface area contributed by atoms with Crippen LogP contribution in [0.1, 0.15) is 0 Å². The summed E-state index contributed by atoms with van der Waals surface area (Å²) in [6, 6.07) is 13.4. The van der Waals surface area contributed by atoms with Gasteiger partial charge in [-0.15, -0.1) is 5.10 Å². The van der Waals surface area contributed by atoms with Crippen molar-refractivity contribution >= 4 is 23.4 Å². The first kappa shape index (κ1) is 21.4. The molecule has 1 unspecified atom stereocenters. The van der Waals surface area contributed by atoms with Crippen LogP contribution in [0.25, 0.3) is 22.6 Å². The Morgan fingerprint density at radius 3 is 2.37 bits per heavy atom. The van der Waals surface area contributed by atoms with Crippen LogP contribution in [-0.2, 0) is 7.05 Å². The molecule has 1 saturated heterocycles. The third kappa shape index (κ3) is 4.02. The number of halogens is 2. The molecule has 4 aromatic rings. The Labute approximate surface area is 200 Å². The van der Waals surface area contributed by atoms with Crippen molar-refractivity contribution in [3.63, 3.8) is 0 Å². The summed E-state index contributed by atoms with van der Waals surface area (Å²) in [6.45, 7) is 1.29. The number of nitrogens with two attached hydrogens (primary N) is 1. The predicted octanol–water partition coefficient (Wildman–Crippen LogP) is 3.61. The van der Waals surface area contributed by atoms with Crippen LogP contribution < -0.4 is 16.0 Å². The van der Waals surface area contributed by atoms with E-state index in [-0.39, 0.29) is 17.8 Å². The molecule has 4 heterocycles. The molecule has 0 bridgehead atoms. The van der Waals surface area contributed by atoms with Gasteiger partial charge in [-0.25, -0.2) is 28.4 Å². The number of aromatic nitrogens is 6. The molecule has 1 aliphatic carbocycles. The average molecular weight is 476 g/mol. The summed E-state index contributed by atoms with van der Waals surface area (Å²) in [5.41, 5.74) is 8.98. The number of benzene rings is 1. The minimum absolute atomic E-state index is 0.0933. The molecule has 178 valence electrons. The van der Waals surface area contributed by atoms with E-state index in [9.17, 15) is 8.78 Å². The number of hydrogen-bond acceptors (Lipinski definition) is 8. The Hall–Kier alpha value is -4.15. The number of fused-ring (bicyclic) bond motifs is 1. The first-order valence-electron chi connectivity index (χ1n) is 11.3. The molecule has 0 amide bonds. The zero-order valence-corrected chi connectivity index (χ0v) is 18.9. The summed E-state index contributed by atoms with van der Waals surface area (Å²) in [7, 11) is 1.81. The molecule has 11 heteroatoms. The SMILES string of the molecule is Cn1nc(-c2ccc(N3C[C@@H]4C(C(F)F)[C@@H]4C3)nc2)nc1Nc1ccc(-c2ccnc(N)n2)cc1. The summed E-state index contributed by atoms with van der Waals surface area (Å²) in [4.78, 5) is 19.4. The lowest BCUT2D eigenvalue weighted by Crippen LogP contribution is -2.26. The van der Waals surface area contributed by atoms with Crippen LogP contribution in [0.5, 0.6) is 0 Å². The second-order valence-electron chi connectivity index (χ2n) is 8.93. The van der Waals surface area contributed by atoms with Crippen LogP contribution in [0.3, 0.4) is 0 Å². The van der Waals surface area contributed by atoms with Crippen LogP contribution in [0.4, 0.5) is 32.2 Å². The molecule has 6 rings (SSSR count). The second-order valence-corrected chi connectivity index (χ2v) is 8.93. The fourth-order valence-electron chi connectivity index (χ4n) is 4.84. The Balaban J connectivity index is 1.13. The van der Waals surface area contributed by atoms with E-state index in [0.717, 1.165) is 28.3 Å². The van der Waals surface area contributed by atoms with Crippen molar-refractivity contribution in [1.29, 1.82) is 0 Å². The van der Waals surface area contributed by atoms with E-state index in [0.29, 0.717) is 24.9 Å². The fourth-order valence-corrected chi connectivity index (χ4v) is 4.84. The molecule has 2 aliphatic rings. The topological polar surface area (TPSA) is 111 Å². The zero-order valence-electron chi connectivity index (χ0n) is 18.9. The van der Waals surface area contributed by atoms with Crippen molar-refractivity contribution < 1.29 is 8.78 Å². The van der Waals surface area contributed by atoms with Gasteiger partial charge in [0, 0.05) is 55.3 Å². The third-order valence-corrected chi connectivity index (χ3v) is 6.76. The van der Waals surface area contributed by atoms with E-state index in [4.69, 9.17) is 5.73 Å². The average Bonchev–Trinajstić information content (AvgIpc) is 3.16. The van der Waals surface area contributed by atoms with Crippen LogP contribution in [0.2, 0.25) is 0 Å². The number of anilines is 4. The van der Waals surface area contributed by atoms with Gasteiger partial charge in [-0.05, 0) is 42.2 Å². The van der Waals surface area contributed by atoms with Gasteiger partial charge in [-0.2, -0.15) is 4.98 Å². The molecular weight excluding hydrogens is 452 g/mol. The van der Waals surface area contributed by atoms with Crippen molar-refractivity contribution in [1.82, 2.24) is 29.7 Å². The molecule has 3 N–H and O–H groups in total. The minimum Gasteiger partial charge on any atom is -0.368 e. The Morgan fingerprint density at radius 1 is 0.971 bits per heavy atom. The Morgan fingerprint density at radius 2 is 1.71 bits per heavy atom. The molecule has 1 saturated carbocycles. The summed E-state index contributed by atoms with van der Waals surface area (Å²) in [5.74, 6) is 1.91. The van der Waals surface area contributed by atoms with Crippen molar-refractivity contribution in [3.05, 3.63) is 54.9 Å². The first-order chi connectivity index (χ1) is 17.0. The number of alkyl halides is 2. The summed E-state index contributed by atoms with van der Waals surface area (Å²) < 4.78 is 27.5. The van der Waals surface area contributed by atoms with Crippen LogP contribution >= 0.6 is 0 Å². The number of nitrogen functional groups attached to an aromatic ring is 1. The molecule has 1 aliphatic heterocycles. The minimum atomic E-state index is -2.21. The zero-order chi connectivity index (χ0) is 24.1. The maximum Gasteiger partial charge on any atom is 0.242 e. The van der Waals surface area contributed by atoms with Gasteiger partial charge < -0.3 is 16.0 Å². The Bertz CT molecular complexity index is 1340. The molecule has 9 nitrogen and oxygen atoms in total. The standard InChI is InChI=1S/C24H23F2N9/c1-34-24(30-15-5-2-13(3-6-15)18-8-9-28-23(27)31-18)32-22(33-34)14-4-7-19(29-10-14)35-11-16-17(12-35)20(16)21(25)26/h2-10,16-17,20-21H,11-12H2,1H3,(H2,27,28,31)(H,30,32,33)/t16-,17+,20?. The highest BCUT2D eigenvalue weighted by molar-refractivity contribution is 5.66. The Kier molecular flexibility index (Phi) is 5.05. The molecule has 2 fully saturated rings. The highest BCUT2D eigenvalue weighted by Crippen LogP contribution is 2.55. The summed E-state index contributed by atoms with van der Waals surface area (Å²) >= 11 is 0. The van der Waals surface area contributed by atoms with Crippen molar-refractivity contribution in [3.8, 4) is 22.6 Å². The smallest absolute Gasteiger partial charge is 0.242 e. The van der Waals surface area contributed by atoms with E-state index >= 15 is 0 Å². The number of nitrogens with one attached hydrogen (secondary N) is 1. The van der Waals surface area contributed by atoms with Gasteiger partial charge in [-0.3, -0.25) is 0 Å². The first-order valence-corrected chi connectivity index (χ1v) is 11.3. The fraction of sp³-hybridized carbons (Fsp3) is 0.292. The number of piperidine rings is 1. The molecule has 35 heavy (non-hydrogen) atoms.